The molecule has 1 heterocycles. The number of amides is 1. The first-order valence-corrected chi connectivity index (χ1v) is 7.62. The van der Waals surface area contributed by atoms with Crippen LogP contribution in [0.3, 0.4) is 0 Å². The third kappa shape index (κ3) is 3.04. The molecule has 0 saturated heterocycles. The van der Waals surface area contributed by atoms with E-state index in [1.165, 1.54) is 0 Å². The molecule has 0 fully saturated rings. The molecule has 114 valence electrons. The minimum absolute atomic E-state index is 0.228. The second kappa shape index (κ2) is 6.75. The summed E-state index contributed by atoms with van der Waals surface area (Å²) in [6.45, 7) is 3.58. The second-order valence-corrected chi connectivity index (χ2v) is 5.80. The van der Waals surface area contributed by atoms with Crippen LogP contribution in [0.5, 0.6) is 0 Å². The lowest BCUT2D eigenvalue weighted by Crippen LogP contribution is -2.41. The van der Waals surface area contributed by atoms with Gasteiger partial charge in [-0.15, -0.1) is 0 Å². The summed E-state index contributed by atoms with van der Waals surface area (Å²) in [7, 11) is 0. The van der Waals surface area contributed by atoms with Crippen molar-refractivity contribution < 1.29 is 14.3 Å². The molecule has 0 aliphatic carbocycles. The van der Waals surface area contributed by atoms with Crippen molar-refractivity contribution >= 4 is 27.8 Å². The van der Waals surface area contributed by atoms with Gasteiger partial charge < -0.3 is 10.1 Å². The van der Waals surface area contributed by atoms with Gasteiger partial charge in [0, 0.05) is 16.1 Å². The summed E-state index contributed by atoms with van der Waals surface area (Å²) in [6, 6.07) is 9.25. The molecule has 22 heavy (non-hydrogen) atoms. The zero-order valence-corrected chi connectivity index (χ0v) is 13.8. The van der Waals surface area contributed by atoms with Crippen molar-refractivity contribution in [1.82, 2.24) is 5.32 Å². The number of rotatable bonds is 3. The van der Waals surface area contributed by atoms with Crippen LogP contribution in [0.2, 0.25) is 0 Å². The summed E-state index contributed by atoms with van der Waals surface area (Å²) in [5, 5.41) is 12.0. The van der Waals surface area contributed by atoms with Gasteiger partial charge in [0.15, 0.2) is 0 Å². The third-order valence-corrected chi connectivity index (χ3v) is 3.98. The Morgan fingerprint density at radius 3 is 2.82 bits per heavy atom. The van der Waals surface area contributed by atoms with E-state index >= 15 is 0 Å². The quantitative estimate of drug-likeness (QED) is 0.838. The second-order valence-electron chi connectivity index (χ2n) is 4.89. The standard InChI is InChI=1S/C16H15BrN2O3/c1-3-22-16(21)13-9(2)19-15(20)12(8-18)14(13)10-5-4-6-11(17)7-10/h4-7,12,14H,3H2,1-2H3,(H,19,20)/t12?,14-/m0/s1. The van der Waals surface area contributed by atoms with Crippen LogP contribution in [0.1, 0.15) is 25.3 Å². The van der Waals surface area contributed by atoms with Crippen molar-refractivity contribution in [2.75, 3.05) is 6.61 Å². The molecular weight excluding hydrogens is 348 g/mol. The van der Waals surface area contributed by atoms with Gasteiger partial charge >= 0.3 is 5.97 Å². The highest BCUT2D eigenvalue weighted by Crippen LogP contribution is 2.38. The Hall–Kier alpha value is -2.13. The third-order valence-electron chi connectivity index (χ3n) is 3.48. The number of hydrogen-bond acceptors (Lipinski definition) is 4. The number of hydrogen-bond donors (Lipinski definition) is 1. The number of esters is 1. The highest BCUT2D eigenvalue weighted by Gasteiger charge is 2.41. The monoisotopic (exact) mass is 362 g/mol. The number of nitriles is 1. The van der Waals surface area contributed by atoms with E-state index in [0.717, 1.165) is 10.0 Å². The van der Waals surface area contributed by atoms with Crippen LogP contribution in [-0.4, -0.2) is 18.5 Å². The van der Waals surface area contributed by atoms with Gasteiger partial charge in [0.2, 0.25) is 5.91 Å². The van der Waals surface area contributed by atoms with Crippen LogP contribution in [0.15, 0.2) is 40.0 Å². The Morgan fingerprint density at radius 1 is 1.50 bits per heavy atom. The Kier molecular flexibility index (Phi) is 4.99. The lowest BCUT2D eigenvalue weighted by Gasteiger charge is -2.30. The van der Waals surface area contributed by atoms with E-state index in [1.54, 1.807) is 32.0 Å². The van der Waals surface area contributed by atoms with E-state index in [1.807, 2.05) is 12.1 Å². The molecule has 0 saturated carbocycles. The number of carbonyl (C=O) groups is 2. The molecule has 1 aliphatic rings. The Balaban J connectivity index is 2.60. The smallest absolute Gasteiger partial charge is 0.336 e. The first kappa shape index (κ1) is 16.2. The van der Waals surface area contributed by atoms with Gasteiger partial charge in [0.25, 0.3) is 0 Å². The minimum Gasteiger partial charge on any atom is -0.463 e. The van der Waals surface area contributed by atoms with Gasteiger partial charge in [-0.1, -0.05) is 28.1 Å². The molecule has 1 aromatic rings. The zero-order valence-electron chi connectivity index (χ0n) is 12.2. The molecule has 5 nitrogen and oxygen atoms in total. The highest BCUT2D eigenvalue weighted by atomic mass is 79.9. The van der Waals surface area contributed by atoms with Crippen LogP contribution in [0.4, 0.5) is 0 Å². The molecule has 2 atom stereocenters. The molecule has 6 heteroatoms. The average molecular weight is 363 g/mol. The molecule has 0 spiro atoms. The molecule has 1 N–H and O–H groups in total. The van der Waals surface area contributed by atoms with Gasteiger partial charge in [-0.3, -0.25) is 4.79 Å². The molecule has 0 aromatic heterocycles. The zero-order chi connectivity index (χ0) is 16.3. The van der Waals surface area contributed by atoms with Gasteiger partial charge in [-0.2, -0.15) is 5.26 Å². The highest BCUT2D eigenvalue weighted by molar-refractivity contribution is 9.10. The lowest BCUT2D eigenvalue weighted by atomic mass is 9.77. The predicted octanol–water partition coefficient (Wildman–Crippen LogP) is 2.64. The number of ether oxygens (including phenoxy) is 1. The first-order valence-electron chi connectivity index (χ1n) is 6.83. The van der Waals surface area contributed by atoms with Crippen LogP contribution >= 0.6 is 15.9 Å². The van der Waals surface area contributed by atoms with Gasteiger partial charge in [0.1, 0.15) is 5.92 Å². The summed E-state index contributed by atoms with van der Waals surface area (Å²) < 4.78 is 5.91. The summed E-state index contributed by atoms with van der Waals surface area (Å²) in [5.41, 5.74) is 1.48. The largest absolute Gasteiger partial charge is 0.463 e. The number of nitrogens with zero attached hydrogens (tertiary/aromatic N) is 1. The Labute approximate surface area is 137 Å². The fraction of sp³-hybridized carbons (Fsp3) is 0.312. The molecule has 1 aromatic carbocycles. The van der Waals surface area contributed by atoms with Gasteiger partial charge in [-0.25, -0.2) is 4.79 Å². The van der Waals surface area contributed by atoms with Crippen LogP contribution in [-0.2, 0) is 14.3 Å². The van der Waals surface area contributed by atoms with Crippen molar-refractivity contribution in [3.05, 3.63) is 45.6 Å². The number of carbonyl (C=O) groups excluding carboxylic acids is 2. The van der Waals surface area contributed by atoms with E-state index in [-0.39, 0.29) is 6.61 Å². The molecule has 0 radical (unpaired) electrons. The topological polar surface area (TPSA) is 79.2 Å². The minimum atomic E-state index is -0.975. The molecule has 2 rings (SSSR count). The normalized spacial score (nSPS) is 21.1. The van der Waals surface area contributed by atoms with Gasteiger partial charge in [-0.05, 0) is 31.5 Å². The van der Waals surface area contributed by atoms with E-state index in [9.17, 15) is 14.9 Å². The molecular formula is C16H15BrN2O3. The maximum absolute atomic E-state index is 12.3. The van der Waals surface area contributed by atoms with E-state index in [2.05, 4.69) is 21.2 Å². The average Bonchev–Trinajstić information content (AvgIpc) is 2.46. The molecule has 1 amide bonds. The van der Waals surface area contributed by atoms with Crippen molar-refractivity contribution in [3.8, 4) is 6.07 Å². The lowest BCUT2D eigenvalue weighted by molar-refractivity contribution is -0.139. The fourth-order valence-electron chi connectivity index (χ4n) is 2.56. The van der Waals surface area contributed by atoms with Crippen molar-refractivity contribution in [3.63, 3.8) is 0 Å². The summed E-state index contributed by atoms with van der Waals surface area (Å²) >= 11 is 3.37. The van der Waals surface area contributed by atoms with Crippen LogP contribution < -0.4 is 5.32 Å². The van der Waals surface area contributed by atoms with E-state index in [0.29, 0.717) is 11.3 Å². The summed E-state index contributed by atoms with van der Waals surface area (Å²) in [6.07, 6.45) is 0. The number of benzene rings is 1. The number of allylic oxidation sites excluding steroid dienone is 1. The maximum atomic E-state index is 12.3. The summed E-state index contributed by atoms with van der Waals surface area (Å²) in [4.78, 5) is 24.4. The van der Waals surface area contributed by atoms with Crippen molar-refractivity contribution in [2.24, 2.45) is 5.92 Å². The number of nitrogens with one attached hydrogen (secondary N) is 1. The van der Waals surface area contributed by atoms with Gasteiger partial charge in [0.05, 0.1) is 18.2 Å². The maximum Gasteiger partial charge on any atom is 0.336 e. The molecule has 0 bridgehead atoms. The molecule has 1 unspecified atom stereocenters. The fourth-order valence-corrected chi connectivity index (χ4v) is 2.98. The molecule has 1 aliphatic heterocycles. The van der Waals surface area contributed by atoms with Crippen molar-refractivity contribution in [1.29, 1.82) is 5.26 Å². The van der Waals surface area contributed by atoms with Crippen molar-refractivity contribution in [2.45, 2.75) is 19.8 Å². The first-order chi connectivity index (χ1) is 10.5. The van der Waals surface area contributed by atoms with E-state index in [4.69, 9.17) is 4.74 Å². The SMILES string of the molecule is CCOC(=O)C1=C(C)NC(=O)C(C#N)[C@@H]1c1cccc(Br)c1. The van der Waals surface area contributed by atoms with E-state index < -0.39 is 23.7 Å². The van der Waals surface area contributed by atoms with Crippen LogP contribution in [0.25, 0.3) is 0 Å². The van der Waals surface area contributed by atoms with Crippen LogP contribution in [0, 0.1) is 17.2 Å². The Bertz CT molecular complexity index is 691. The predicted molar refractivity (Wildman–Crippen MR) is 83.5 cm³/mol. The number of halogens is 1. The summed E-state index contributed by atoms with van der Waals surface area (Å²) in [5.74, 6) is -2.53. The Morgan fingerprint density at radius 2 is 2.23 bits per heavy atom.